The summed E-state index contributed by atoms with van der Waals surface area (Å²) in [5, 5.41) is 0. The first kappa shape index (κ1) is 11.3. The maximum Gasteiger partial charge on any atom is 0.275 e. The fourth-order valence-corrected chi connectivity index (χ4v) is 2.44. The van der Waals surface area contributed by atoms with Crippen LogP contribution < -0.4 is 5.56 Å². The molecular weight excluding hydrogens is 231 g/mol. The molecule has 2 aromatic rings. The SMILES string of the molecule is Cc1c(C2CC2)c(=O)n(-c2ccc(F)cc2)n1C. The Morgan fingerprint density at radius 3 is 2.39 bits per heavy atom. The molecule has 0 N–H and O–H groups in total. The Labute approximate surface area is 104 Å². The largest absolute Gasteiger partial charge is 0.285 e. The Bertz CT molecular complexity index is 648. The molecule has 0 aliphatic heterocycles. The van der Waals surface area contributed by atoms with E-state index in [1.165, 1.54) is 12.1 Å². The number of hydrogen-bond acceptors (Lipinski definition) is 1. The molecule has 1 saturated carbocycles. The Morgan fingerprint density at radius 2 is 1.83 bits per heavy atom. The highest BCUT2D eigenvalue weighted by Crippen LogP contribution is 2.40. The third kappa shape index (κ3) is 1.60. The van der Waals surface area contributed by atoms with E-state index in [1.807, 2.05) is 18.7 Å². The molecule has 0 saturated heterocycles. The van der Waals surface area contributed by atoms with Crippen molar-refractivity contribution in [3.63, 3.8) is 0 Å². The molecule has 18 heavy (non-hydrogen) atoms. The minimum absolute atomic E-state index is 0.0316. The predicted octanol–water partition coefficient (Wildman–Crippen LogP) is 2.50. The first-order valence-electron chi connectivity index (χ1n) is 6.14. The van der Waals surface area contributed by atoms with Gasteiger partial charge in [0.05, 0.1) is 5.69 Å². The van der Waals surface area contributed by atoms with Gasteiger partial charge in [0.2, 0.25) is 0 Å². The van der Waals surface area contributed by atoms with Crippen molar-refractivity contribution in [2.45, 2.75) is 25.7 Å². The molecule has 3 nitrogen and oxygen atoms in total. The zero-order valence-electron chi connectivity index (χ0n) is 10.5. The summed E-state index contributed by atoms with van der Waals surface area (Å²) in [6.45, 7) is 1.97. The third-order valence-electron chi connectivity index (χ3n) is 3.65. The van der Waals surface area contributed by atoms with Crippen molar-refractivity contribution < 1.29 is 4.39 Å². The average molecular weight is 246 g/mol. The lowest BCUT2D eigenvalue weighted by Crippen LogP contribution is -2.20. The Hall–Kier alpha value is -1.84. The van der Waals surface area contributed by atoms with Gasteiger partial charge in [-0.2, -0.15) is 0 Å². The van der Waals surface area contributed by atoms with Gasteiger partial charge in [0.25, 0.3) is 5.56 Å². The van der Waals surface area contributed by atoms with Gasteiger partial charge >= 0.3 is 0 Å². The Morgan fingerprint density at radius 1 is 1.22 bits per heavy atom. The van der Waals surface area contributed by atoms with Crippen LogP contribution in [0.25, 0.3) is 5.69 Å². The maximum atomic E-state index is 12.9. The number of rotatable bonds is 2. The minimum atomic E-state index is -0.292. The number of halogens is 1. The van der Waals surface area contributed by atoms with Crippen LogP contribution in [-0.2, 0) is 7.05 Å². The number of benzene rings is 1. The van der Waals surface area contributed by atoms with Crippen LogP contribution in [0.15, 0.2) is 29.1 Å². The van der Waals surface area contributed by atoms with Gasteiger partial charge < -0.3 is 0 Å². The monoisotopic (exact) mass is 246 g/mol. The van der Waals surface area contributed by atoms with Crippen molar-refractivity contribution in [3.05, 3.63) is 51.7 Å². The van der Waals surface area contributed by atoms with Crippen LogP contribution in [0.5, 0.6) is 0 Å². The van der Waals surface area contributed by atoms with Gasteiger partial charge in [-0.3, -0.25) is 9.48 Å². The molecule has 1 aromatic heterocycles. The van der Waals surface area contributed by atoms with Gasteiger partial charge in [-0.05, 0) is 49.9 Å². The standard InChI is InChI=1S/C14H15FN2O/c1-9-13(10-3-4-10)14(18)17(16(9)2)12-7-5-11(15)6-8-12/h5-8,10H,3-4H2,1-2H3. The van der Waals surface area contributed by atoms with Crippen molar-refractivity contribution >= 4 is 0 Å². The van der Waals surface area contributed by atoms with Gasteiger partial charge in [-0.1, -0.05) is 0 Å². The number of nitrogens with zero attached hydrogens (tertiary/aromatic N) is 2. The fraction of sp³-hybridized carbons (Fsp3) is 0.357. The lowest BCUT2D eigenvalue weighted by molar-refractivity contribution is 0.615. The Kier molecular flexibility index (Phi) is 2.40. The van der Waals surface area contributed by atoms with E-state index in [4.69, 9.17) is 0 Å². The molecule has 3 rings (SSSR count). The zero-order valence-corrected chi connectivity index (χ0v) is 10.5. The van der Waals surface area contributed by atoms with Gasteiger partial charge in [0.1, 0.15) is 5.82 Å². The topological polar surface area (TPSA) is 26.9 Å². The third-order valence-corrected chi connectivity index (χ3v) is 3.65. The second-order valence-corrected chi connectivity index (χ2v) is 4.89. The molecule has 0 spiro atoms. The van der Waals surface area contributed by atoms with Crippen molar-refractivity contribution in [2.24, 2.45) is 7.05 Å². The lowest BCUT2D eigenvalue weighted by atomic mass is 10.2. The second kappa shape index (κ2) is 3.83. The smallest absolute Gasteiger partial charge is 0.275 e. The van der Waals surface area contributed by atoms with Gasteiger partial charge in [0, 0.05) is 18.3 Å². The highest BCUT2D eigenvalue weighted by atomic mass is 19.1. The number of aromatic nitrogens is 2. The summed E-state index contributed by atoms with van der Waals surface area (Å²) < 4.78 is 16.4. The van der Waals surface area contributed by atoms with Crippen LogP contribution in [0, 0.1) is 12.7 Å². The highest BCUT2D eigenvalue weighted by Gasteiger charge is 2.31. The summed E-state index contributed by atoms with van der Waals surface area (Å²) in [6.07, 6.45) is 2.20. The molecule has 0 unspecified atom stereocenters. The van der Waals surface area contributed by atoms with Gasteiger partial charge in [-0.15, -0.1) is 0 Å². The van der Waals surface area contributed by atoms with Crippen molar-refractivity contribution in [1.29, 1.82) is 0 Å². The van der Waals surface area contributed by atoms with Crippen LogP contribution in [0.2, 0.25) is 0 Å². The summed E-state index contributed by atoms with van der Waals surface area (Å²) >= 11 is 0. The molecule has 4 heteroatoms. The minimum Gasteiger partial charge on any atom is -0.285 e. The molecule has 94 valence electrons. The number of hydrogen-bond donors (Lipinski definition) is 0. The molecule has 1 aliphatic carbocycles. The summed E-state index contributed by atoms with van der Waals surface area (Å²) in [4.78, 5) is 12.4. The predicted molar refractivity (Wildman–Crippen MR) is 67.7 cm³/mol. The molecule has 0 radical (unpaired) electrons. The first-order valence-corrected chi connectivity index (χ1v) is 6.14. The van der Waals surface area contributed by atoms with Crippen LogP contribution in [0.1, 0.15) is 30.0 Å². The van der Waals surface area contributed by atoms with E-state index in [0.29, 0.717) is 11.6 Å². The normalized spacial score (nSPS) is 15.1. The second-order valence-electron chi connectivity index (χ2n) is 4.89. The molecule has 0 amide bonds. The van der Waals surface area contributed by atoms with Crippen LogP contribution in [0.3, 0.4) is 0 Å². The molecule has 0 atom stereocenters. The first-order chi connectivity index (χ1) is 8.59. The summed E-state index contributed by atoms with van der Waals surface area (Å²) in [5.41, 5.74) is 2.66. The van der Waals surface area contributed by atoms with E-state index in [1.54, 1.807) is 16.8 Å². The molecular formula is C14H15FN2O. The molecule has 1 aliphatic rings. The zero-order chi connectivity index (χ0) is 12.9. The van der Waals surface area contributed by atoms with Crippen molar-refractivity contribution in [2.75, 3.05) is 0 Å². The van der Waals surface area contributed by atoms with E-state index < -0.39 is 0 Å². The summed E-state index contributed by atoms with van der Waals surface area (Å²) in [7, 11) is 1.87. The maximum absolute atomic E-state index is 12.9. The van der Waals surface area contributed by atoms with E-state index >= 15 is 0 Å². The van der Waals surface area contributed by atoms with Crippen molar-refractivity contribution in [1.82, 2.24) is 9.36 Å². The van der Waals surface area contributed by atoms with Crippen molar-refractivity contribution in [3.8, 4) is 5.69 Å². The van der Waals surface area contributed by atoms with Crippen LogP contribution in [-0.4, -0.2) is 9.36 Å². The Balaban J connectivity index is 2.20. The quantitative estimate of drug-likeness (QED) is 0.799. The van der Waals surface area contributed by atoms with Crippen LogP contribution >= 0.6 is 0 Å². The molecule has 1 aromatic carbocycles. The molecule has 0 bridgehead atoms. The average Bonchev–Trinajstić information content (AvgIpc) is 3.13. The lowest BCUT2D eigenvalue weighted by Gasteiger charge is -2.07. The van der Waals surface area contributed by atoms with E-state index in [2.05, 4.69) is 0 Å². The highest BCUT2D eigenvalue weighted by molar-refractivity contribution is 5.35. The van der Waals surface area contributed by atoms with E-state index in [0.717, 1.165) is 24.1 Å². The van der Waals surface area contributed by atoms with Gasteiger partial charge in [0.15, 0.2) is 0 Å². The molecule has 1 fully saturated rings. The summed E-state index contributed by atoms with van der Waals surface area (Å²) in [5.74, 6) is 0.130. The fourth-order valence-electron chi connectivity index (χ4n) is 2.44. The molecule has 1 heterocycles. The van der Waals surface area contributed by atoms with E-state index in [9.17, 15) is 9.18 Å². The summed E-state index contributed by atoms with van der Waals surface area (Å²) in [6, 6.07) is 6.02. The van der Waals surface area contributed by atoms with Crippen LogP contribution in [0.4, 0.5) is 4.39 Å². The van der Waals surface area contributed by atoms with Gasteiger partial charge in [-0.25, -0.2) is 9.07 Å². The van der Waals surface area contributed by atoms with E-state index in [-0.39, 0.29) is 11.4 Å².